The molecule has 0 radical (unpaired) electrons. The highest BCUT2D eigenvalue weighted by atomic mass is 32.1. The van der Waals surface area contributed by atoms with Crippen molar-refractivity contribution in [2.75, 3.05) is 39.6 Å². The van der Waals surface area contributed by atoms with Crippen LogP contribution in [-0.4, -0.2) is 63.8 Å². The molecule has 0 saturated carbocycles. The second-order valence-electron chi connectivity index (χ2n) is 14.0. The Morgan fingerprint density at radius 1 is 0.565 bits per heavy atom. The lowest BCUT2D eigenvalue weighted by atomic mass is 10.0. The van der Waals surface area contributed by atoms with E-state index in [4.69, 9.17) is 48.4 Å². The van der Waals surface area contributed by atoms with Gasteiger partial charge in [0.25, 0.3) is 0 Å². The second-order valence-corrected chi connectivity index (χ2v) is 15.5. The molecule has 0 amide bonds. The monoisotopic (exact) mass is 870 g/mol. The Morgan fingerprint density at radius 3 is 1.47 bits per heavy atom. The van der Waals surface area contributed by atoms with Crippen molar-refractivity contribution in [2.24, 2.45) is 0 Å². The standard InChI is InChI=1S/2C24H21NO5S/c25-12-17-3-5-18(6-4-17)19-7-9-20(10-8-19)27-11-1-2-24(26)29-14-21-13-28-22-15-31-16-23(22)30-21;25-12-17-3-5-18(6-4-17)19-7-9-20(10-8-19)27-11-1-2-24(26)30-21-13-28-22-15-31-16-23(22)29-14-21/h2*3-10,15-16,21H,1-2,11,13-14H2. The minimum absolute atomic E-state index is 0.172. The molecular weight excluding hydrogens is 829 g/mol. The number of fused-ring (bicyclic) bond motifs is 2. The first-order chi connectivity index (χ1) is 30.4. The number of thiophene rings is 2. The summed E-state index contributed by atoms with van der Waals surface area (Å²) in [6, 6.07) is 34.5. The van der Waals surface area contributed by atoms with Crippen LogP contribution in [0.5, 0.6) is 34.5 Å². The van der Waals surface area contributed by atoms with Crippen LogP contribution in [0, 0.1) is 22.7 Å². The first-order valence-corrected chi connectivity index (χ1v) is 21.8. The Kier molecular flexibility index (Phi) is 15.3. The van der Waals surface area contributed by atoms with Crippen molar-refractivity contribution in [1.82, 2.24) is 0 Å². The lowest BCUT2D eigenvalue weighted by molar-refractivity contribution is -0.152. The summed E-state index contributed by atoms with van der Waals surface area (Å²) in [5, 5.41) is 25.3. The molecular formula is C48H42N2O10S2. The van der Waals surface area contributed by atoms with Gasteiger partial charge in [-0.05, 0) is 83.6 Å². The minimum atomic E-state index is -0.416. The van der Waals surface area contributed by atoms with Crippen LogP contribution in [0.15, 0.2) is 119 Å². The lowest BCUT2D eigenvalue weighted by Crippen LogP contribution is -2.33. The van der Waals surface area contributed by atoms with Crippen LogP contribution < -0.4 is 28.4 Å². The fourth-order valence-electron chi connectivity index (χ4n) is 6.19. The third-order valence-electron chi connectivity index (χ3n) is 9.47. The quantitative estimate of drug-likeness (QED) is 0.0713. The summed E-state index contributed by atoms with van der Waals surface area (Å²) in [7, 11) is 0. The molecule has 1 unspecified atom stereocenters. The van der Waals surface area contributed by atoms with Crippen molar-refractivity contribution >= 4 is 34.6 Å². The highest BCUT2D eigenvalue weighted by Gasteiger charge is 2.24. The van der Waals surface area contributed by atoms with Crippen LogP contribution in [0.3, 0.4) is 0 Å². The van der Waals surface area contributed by atoms with E-state index >= 15 is 0 Å². The molecule has 2 aliphatic rings. The van der Waals surface area contributed by atoms with E-state index in [0.29, 0.717) is 61.0 Å². The maximum atomic E-state index is 12.1. The average molecular weight is 871 g/mol. The number of hydrogen-bond acceptors (Lipinski definition) is 14. The molecule has 4 aromatic carbocycles. The van der Waals surface area contributed by atoms with Gasteiger partial charge in [-0.2, -0.15) is 10.5 Å². The molecule has 0 bridgehead atoms. The third kappa shape index (κ3) is 12.5. The highest BCUT2D eigenvalue weighted by Crippen LogP contribution is 2.36. The first-order valence-electron chi connectivity index (χ1n) is 19.9. The van der Waals surface area contributed by atoms with Crippen LogP contribution in [0.4, 0.5) is 0 Å². The summed E-state index contributed by atoms with van der Waals surface area (Å²) in [6.45, 7) is 1.96. The van der Waals surface area contributed by atoms with Crippen molar-refractivity contribution in [3.63, 3.8) is 0 Å². The summed E-state index contributed by atoms with van der Waals surface area (Å²) in [6.07, 6.45) is 0.962. The van der Waals surface area contributed by atoms with E-state index in [1.807, 2.05) is 94.3 Å². The largest absolute Gasteiger partial charge is 0.494 e. The average Bonchev–Trinajstić information content (AvgIpc) is 3.95. The van der Waals surface area contributed by atoms with E-state index in [1.165, 1.54) is 22.7 Å². The van der Waals surface area contributed by atoms with Gasteiger partial charge in [0.05, 0.1) is 36.5 Å². The van der Waals surface area contributed by atoms with Crippen LogP contribution in [0.2, 0.25) is 0 Å². The molecule has 2 aliphatic heterocycles. The van der Waals surface area contributed by atoms with Crippen molar-refractivity contribution in [3.8, 4) is 68.9 Å². The van der Waals surface area contributed by atoms with E-state index in [2.05, 4.69) is 12.1 Å². The Morgan fingerprint density at radius 2 is 0.984 bits per heavy atom. The number of rotatable bonds is 15. The van der Waals surface area contributed by atoms with Gasteiger partial charge >= 0.3 is 11.9 Å². The van der Waals surface area contributed by atoms with Gasteiger partial charge in [0.15, 0.2) is 35.2 Å². The van der Waals surface area contributed by atoms with Gasteiger partial charge < -0.3 is 37.9 Å². The number of esters is 2. The Labute approximate surface area is 367 Å². The molecule has 6 aromatic rings. The zero-order chi connectivity index (χ0) is 42.9. The van der Waals surface area contributed by atoms with E-state index in [1.54, 1.807) is 24.3 Å². The summed E-state index contributed by atoms with van der Waals surface area (Å²) >= 11 is 3.02. The van der Waals surface area contributed by atoms with E-state index in [-0.39, 0.29) is 50.7 Å². The molecule has 14 heteroatoms. The van der Waals surface area contributed by atoms with Gasteiger partial charge in [0.1, 0.15) is 37.9 Å². The molecule has 12 nitrogen and oxygen atoms in total. The van der Waals surface area contributed by atoms with Crippen LogP contribution in [0.1, 0.15) is 36.8 Å². The third-order valence-corrected chi connectivity index (χ3v) is 10.9. The number of nitriles is 2. The lowest BCUT2D eigenvalue weighted by Gasteiger charge is -2.24. The number of nitrogens with zero attached hydrogens (tertiary/aromatic N) is 2. The van der Waals surface area contributed by atoms with E-state index in [0.717, 1.165) is 39.5 Å². The van der Waals surface area contributed by atoms with E-state index < -0.39 is 6.10 Å². The second kappa shape index (κ2) is 22.0. The molecule has 62 heavy (non-hydrogen) atoms. The van der Waals surface area contributed by atoms with Crippen molar-refractivity contribution in [2.45, 2.75) is 37.9 Å². The van der Waals surface area contributed by atoms with Crippen molar-refractivity contribution < 1.29 is 47.5 Å². The topological polar surface area (TPSA) is 156 Å². The highest BCUT2D eigenvalue weighted by molar-refractivity contribution is 7.08. The summed E-state index contributed by atoms with van der Waals surface area (Å²) in [4.78, 5) is 24.0. The predicted molar refractivity (Wildman–Crippen MR) is 233 cm³/mol. The van der Waals surface area contributed by atoms with Crippen molar-refractivity contribution in [3.05, 3.63) is 130 Å². The zero-order valence-electron chi connectivity index (χ0n) is 33.6. The Hall–Kier alpha value is -7.00. The molecule has 0 fully saturated rings. The SMILES string of the molecule is N#Cc1ccc(-c2ccc(OCCCC(=O)OC3COc4cscc4OC3)cc2)cc1.N#Cc1ccc(-c2ccc(OCCCC(=O)OCC3COc4cscc4O3)cc2)cc1. The summed E-state index contributed by atoms with van der Waals surface area (Å²) in [5.74, 6) is 3.75. The maximum Gasteiger partial charge on any atom is 0.306 e. The number of benzene rings is 4. The summed E-state index contributed by atoms with van der Waals surface area (Å²) in [5.41, 5.74) is 5.44. The van der Waals surface area contributed by atoms with Gasteiger partial charge in [-0.15, -0.1) is 22.7 Å². The van der Waals surface area contributed by atoms with E-state index in [9.17, 15) is 9.59 Å². The maximum absolute atomic E-state index is 12.1. The molecule has 0 aliphatic carbocycles. The fraction of sp³-hybridized carbons (Fsp3) is 0.250. The Balaban J connectivity index is 0.000000186. The van der Waals surface area contributed by atoms with Gasteiger partial charge in [0.2, 0.25) is 0 Å². The van der Waals surface area contributed by atoms with Crippen molar-refractivity contribution in [1.29, 1.82) is 10.5 Å². The van der Waals surface area contributed by atoms with Gasteiger partial charge in [-0.3, -0.25) is 9.59 Å². The minimum Gasteiger partial charge on any atom is -0.494 e. The molecule has 0 spiro atoms. The molecule has 0 N–H and O–H groups in total. The van der Waals surface area contributed by atoms with Crippen LogP contribution >= 0.6 is 22.7 Å². The first kappa shape index (κ1) is 43.1. The summed E-state index contributed by atoms with van der Waals surface area (Å²) < 4.78 is 44.7. The normalized spacial score (nSPS) is 13.8. The number of carbonyl (C=O) groups excluding carboxylic acids is 2. The predicted octanol–water partition coefficient (Wildman–Crippen LogP) is 9.66. The molecule has 8 rings (SSSR count). The fourth-order valence-corrected chi connectivity index (χ4v) is 7.54. The molecule has 2 aromatic heterocycles. The molecule has 0 saturated heterocycles. The zero-order valence-corrected chi connectivity index (χ0v) is 35.2. The van der Waals surface area contributed by atoms with Gasteiger partial charge in [-0.1, -0.05) is 48.5 Å². The number of ether oxygens (including phenoxy) is 8. The Bertz CT molecular complexity index is 2420. The van der Waals surface area contributed by atoms with Gasteiger partial charge in [-0.25, -0.2) is 0 Å². The van der Waals surface area contributed by atoms with Crippen LogP contribution in [0.25, 0.3) is 22.3 Å². The molecule has 4 heterocycles. The molecule has 1 atom stereocenters. The molecule has 316 valence electrons. The number of carbonyl (C=O) groups is 2. The van der Waals surface area contributed by atoms with Gasteiger partial charge in [0, 0.05) is 34.4 Å². The van der Waals surface area contributed by atoms with Crippen LogP contribution in [-0.2, 0) is 19.1 Å². The smallest absolute Gasteiger partial charge is 0.306 e. The number of hydrogen-bond donors (Lipinski definition) is 0.